The van der Waals surface area contributed by atoms with E-state index in [9.17, 15) is 4.79 Å². The number of aromatic nitrogens is 2. The van der Waals surface area contributed by atoms with Gasteiger partial charge in [-0.15, -0.1) is 10.2 Å². The van der Waals surface area contributed by atoms with E-state index in [1.165, 1.54) is 12.8 Å². The summed E-state index contributed by atoms with van der Waals surface area (Å²) in [5, 5.41) is 17.0. The molecule has 1 fully saturated rings. The maximum atomic E-state index is 10.5. The molecule has 1 atom stereocenters. The van der Waals surface area contributed by atoms with Crippen LogP contribution >= 0.6 is 11.8 Å². The average Bonchev–Trinajstić information content (AvgIpc) is 2.74. The molecule has 1 aliphatic carbocycles. The summed E-state index contributed by atoms with van der Waals surface area (Å²) in [4.78, 5) is 10.5. The first-order chi connectivity index (χ1) is 8.49. The van der Waals surface area contributed by atoms with E-state index in [0.717, 1.165) is 24.6 Å². The van der Waals surface area contributed by atoms with E-state index in [-0.39, 0.29) is 17.1 Å². The Bertz CT molecular complexity index is 431. The highest BCUT2D eigenvalue weighted by molar-refractivity contribution is 7.99. The topological polar surface area (TPSA) is 76.2 Å². The number of hydrogen-bond donors (Lipinski definition) is 1. The zero-order valence-corrected chi connectivity index (χ0v) is 11.5. The summed E-state index contributed by atoms with van der Waals surface area (Å²) in [6, 6.07) is 0. The number of carboxylic acid groups (broad SMARTS) is 1. The third-order valence-corrected chi connectivity index (χ3v) is 4.35. The zero-order valence-electron chi connectivity index (χ0n) is 10.7. The van der Waals surface area contributed by atoms with Gasteiger partial charge in [-0.2, -0.15) is 0 Å². The summed E-state index contributed by atoms with van der Waals surface area (Å²) in [6.07, 6.45) is 4.67. The van der Waals surface area contributed by atoms with Crippen LogP contribution in [-0.2, 0) is 4.79 Å². The van der Waals surface area contributed by atoms with Gasteiger partial charge in [0.1, 0.15) is 5.75 Å². The largest absolute Gasteiger partial charge is 0.481 e. The van der Waals surface area contributed by atoms with Gasteiger partial charge in [-0.25, -0.2) is 0 Å². The fourth-order valence-corrected chi connectivity index (χ4v) is 2.98. The first-order valence-corrected chi connectivity index (χ1v) is 7.15. The van der Waals surface area contributed by atoms with Crippen LogP contribution in [-0.4, -0.2) is 27.0 Å². The van der Waals surface area contributed by atoms with Gasteiger partial charge in [-0.05, 0) is 18.3 Å². The van der Waals surface area contributed by atoms with E-state index in [4.69, 9.17) is 9.52 Å². The Morgan fingerprint density at radius 2 is 2.28 bits per heavy atom. The van der Waals surface area contributed by atoms with Gasteiger partial charge < -0.3 is 9.52 Å². The highest BCUT2D eigenvalue weighted by atomic mass is 32.2. The number of nitrogens with zero attached hydrogens (tertiary/aromatic N) is 2. The molecule has 1 saturated carbocycles. The summed E-state index contributed by atoms with van der Waals surface area (Å²) < 4.78 is 5.59. The van der Waals surface area contributed by atoms with E-state index in [1.54, 1.807) is 0 Å². The Balaban J connectivity index is 2.06. The molecule has 1 heterocycles. The normalized spacial score (nSPS) is 22.9. The van der Waals surface area contributed by atoms with Gasteiger partial charge in [0.05, 0.1) is 0 Å². The number of carbonyl (C=O) groups is 1. The Kier molecular flexibility index (Phi) is 3.94. The lowest BCUT2D eigenvalue weighted by atomic mass is 9.69. The van der Waals surface area contributed by atoms with E-state index in [2.05, 4.69) is 24.0 Å². The predicted molar refractivity (Wildman–Crippen MR) is 67.6 cm³/mol. The van der Waals surface area contributed by atoms with Gasteiger partial charge in [0.15, 0.2) is 0 Å². The minimum atomic E-state index is -0.877. The minimum absolute atomic E-state index is 0.0459. The van der Waals surface area contributed by atoms with Crippen molar-refractivity contribution in [1.82, 2.24) is 10.2 Å². The van der Waals surface area contributed by atoms with Crippen LogP contribution in [0.1, 0.15) is 51.3 Å². The number of aliphatic carboxylic acids is 1. The van der Waals surface area contributed by atoms with Gasteiger partial charge in [-0.1, -0.05) is 38.5 Å². The Labute approximate surface area is 110 Å². The SMILES string of the molecule is CC1(C)CCCCC1c1nnc(SCC(=O)O)o1. The van der Waals surface area contributed by atoms with Crippen molar-refractivity contribution in [2.24, 2.45) is 5.41 Å². The lowest BCUT2D eigenvalue weighted by Crippen LogP contribution is -2.26. The summed E-state index contributed by atoms with van der Waals surface area (Å²) in [6.45, 7) is 4.45. The van der Waals surface area contributed by atoms with Gasteiger partial charge in [0, 0.05) is 5.92 Å². The number of rotatable bonds is 4. The van der Waals surface area contributed by atoms with Crippen LogP contribution in [0.15, 0.2) is 9.64 Å². The Morgan fingerprint density at radius 3 is 2.94 bits per heavy atom. The third-order valence-electron chi connectivity index (χ3n) is 3.55. The van der Waals surface area contributed by atoms with Crippen LogP contribution in [0.4, 0.5) is 0 Å². The molecular formula is C12H18N2O3S. The highest BCUT2D eigenvalue weighted by Crippen LogP contribution is 2.46. The van der Waals surface area contributed by atoms with Gasteiger partial charge in [0.2, 0.25) is 5.89 Å². The zero-order chi connectivity index (χ0) is 13.2. The molecule has 0 amide bonds. The molecule has 0 saturated heterocycles. The average molecular weight is 270 g/mol. The smallest absolute Gasteiger partial charge is 0.314 e. The van der Waals surface area contributed by atoms with Crippen molar-refractivity contribution in [2.75, 3.05) is 5.75 Å². The quantitative estimate of drug-likeness (QED) is 0.848. The molecule has 1 aromatic rings. The standard InChI is InChI=1S/C12H18N2O3S/c1-12(2)6-4-3-5-8(12)10-13-14-11(17-10)18-7-9(15)16/h8H,3-7H2,1-2H3,(H,15,16). The second-order valence-corrected chi connectivity index (χ2v) is 6.30. The first kappa shape index (κ1) is 13.4. The van der Waals surface area contributed by atoms with Crippen molar-refractivity contribution in [2.45, 2.75) is 50.7 Å². The fraction of sp³-hybridized carbons (Fsp3) is 0.750. The number of hydrogen-bond acceptors (Lipinski definition) is 5. The maximum Gasteiger partial charge on any atom is 0.314 e. The van der Waals surface area contributed by atoms with Crippen molar-refractivity contribution >= 4 is 17.7 Å². The van der Waals surface area contributed by atoms with Crippen LogP contribution in [0.25, 0.3) is 0 Å². The van der Waals surface area contributed by atoms with Crippen molar-refractivity contribution in [3.8, 4) is 0 Å². The lowest BCUT2D eigenvalue weighted by Gasteiger charge is -2.36. The Hall–Kier alpha value is -1.04. The van der Waals surface area contributed by atoms with Gasteiger partial charge in [-0.3, -0.25) is 4.79 Å². The summed E-state index contributed by atoms with van der Waals surface area (Å²) >= 11 is 1.07. The highest BCUT2D eigenvalue weighted by Gasteiger charge is 2.36. The number of thioether (sulfide) groups is 1. The van der Waals surface area contributed by atoms with Crippen LogP contribution in [0.5, 0.6) is 0 Å². The van der Waals surface area contributed by atoms with E-state index < -0.39 is 5.97 Å². The van der Waals surface area contributed by atoms with Crippen LogP contribution in [0.3, 0.4) is 0 Å². The molecule has 0 aromatic carbocycles. The van der Waals surface area contributed by atoms with Crippen LogP contribution in [0, 0.1) is 5.41 Å². The summed E-state index contributed by atoms with van der Waals surface area (Å²) in [5.74, 6) is 0.0265. The number of carboxylic acids is 1. The van der Waals surface area contributed by atoms with Gasteiger partial charge >= 0.3 is 5.97 Å². The molecule has 1 aliphatic rings. The Morgan fingerprint density at radius 1 is 1.50 bits per heavy atom. The second-order valence-electron chi connectivity index (χ2n) is 5.38. The van der Waals surface area contributed by atoms with Crippen molar-refractivity contribution in [3.63, 3.8) is 0 Å². The molecule has 0 radical (unpaired) electrons. The fourth-order valence-electron chi connectivity index (χ4n) is 2.49. The molecule has 6 heteroatoms. The first-order valence-electron chi connectivity index (χ1n) is 6.17. The molecular weight excluding hydrogens is 252 g/mol. The van der Waals surface area contributed by atoms with E-state index >= 15 is 0 Å². The molecule has 1 unspecified atom stereocenters. The van der Waals surface area contributed by atoms with E-state index in [0.29, 0.717) is 11.1 Å². The van der Waals surface area contributed by atoms with Crippen molar-refractivity contribution in [3.05, 3.63) is 5.89 Å². The monoisotopic (exact) mass is 270 g/mol. The van der Waals surface area contributed by atoms with Crippen LogP contribution < -0.4 is 0 Å². The van der Waals surface area contributed by atoms with Gasteiger partial charge in [0.25, 0.3) is 5.22 Å². The minimum Gasteiger partial charge on any atom is -0.481 e. The van der Waals surface area contributed by atoms with Crippen LogP contribution in [0.2, 0.25) is 0 Å². The molecule has 0 spiro atoms. The molecule has 1 N–H and O–H groups in total. The second kappa shape index (κ2) is 5.30. The maximum absolute atomic E-state index is 10.5. The summed E-state index contributed by atoms with van der Waals surface area (Å²) in [7, 11) is 0. The predicted octanol–water partition coefficient (Wildman–Crippen LogP) is 2.93. The van der Waals surface area contributed by atoms with E-state index in [1.807, 2.05) is 0 Å². The third kappa shape index (κ3) is 3.04. The molecule has 100 valence electrons. The molecule has 5 nitrogen and oxygen atoms in total. The molecule has 1 aromatic heterocycles. The summed E-state index contributed by atoms with van der Waals surface area (Å²) in [5.41, 5.74) is 0.180. The molecule has 0 aliphatic heterocycles. The molecule has 2 rings (SSSR count). The van der Waals surface area contributed by atoms with Crippen molar-refractivity contribution < 1.29 is 14.3 Å². The van der Waals surface area contributed by atoms with Crippen molar-refractivity contribution in [1.29, 1.82) is 0 Å². The molecule has 0 bridgehead atoms. The lowest BCUT2D eigenvalue weighted by molar-refractivity contribution is -0.133. The molecule has 18 heavy (non-hydrogen) atoms.